The van der Waals surface area contributed by atoms with Crippen LogP contribution in [0, 0.1) is 5.92 Å². The zero-order chi connectivity index (χ0) is 24.2. The van der Waals surface area contributed by atoms with E-state index in [1.807, 2.05) is 36.4 Å². The number of ether oxygens (including phenoxy) is 1. The molecule has 1 heterocycles. The van der Waals surface area contributed by atoms with Crippen molar-refractivity contribution in [2.75, 3.05) is 6.61 Å². The van der Waals surface area contributed by atoms with Crippen LogP contribution in [0.5, 0.6) is 0 Å². The van der Waals surface area contributed by atoms with Crippen LogP contribution in [0.15, 0.2) is 59.1 Å². The van der Waals surface area contributed by atoms with Gasteiger partial charge in [-0.25, -0.2) is 9.59 Å². The molecule has 3 aromatic rings. The highest BCUT2D eigenvalue weighted by atomic mass is 16.5. The molecule has 3 N–H and O–H groups in total. The first-order valence-electron chi connectivity index (χ1n) is 10.9. The molecule has 2 aromatic carbocycles. The van der Waals surface area contributed by atoms with Gasteiger partial charge in [0.25, 0.3) is 5.91 Å². The molecule has 0 fully saturated rings. The van der Waals surface area contributed by atoms with Gasteiger partial charge in [0.2, 0.25) is 0 Å². The molecular formula is C25H25N3O6. The third-order valence-corrected chi connectivity index (χ3v) is 5.76. The monoisotopic (exact) mass is 463 g/mol. The molecule has 0 unspecified atom stereocenters. The molecule has 9 heteroatoms. The minimum absolute atomic E-state index is 0.0382. The molecule has 0 saturated carbocycles. The Labute approximate surface area is 196 Å². The Hall–Kier alpha value is -4.14. The Balaban J connectivity index is 1.31. The fourth-order valence-electron chi connectivity index (χ4n) is 4.04. The van der Waals surface area contributed by atoms with E-state index in [0.29, 0.717) is 0 Å². The van der Waals surface area contributed by atoms with Gasteiger partial charge in [-0.05, 0) is 28.2 Å². The van der Waals surface area contributed by atoms with Gasteiger partial charge in [-0.1, -0.05) is 67.5 Å². The number of benzene rings is 2. The van der Waals surface area contributed by atoms with Crippen molar-refractivity contribution in [1.82, 2.24) is 15.8 Å². The number of hydrogen-bond acceptors (Lipinski definition) is 6. The summed E-state index contributed by atoms with van der Waals surface area (Å²) in [4.78, 5) is 35.8. The smallest absolute Gasteiger partial charge is 0.407 e. The predicted molar refractivity (Wildman–Crippen MR) is 122 cm³/mol. The van der Waals surface area contributed by atoms with Gasteiger partial charge >= 0.3 is 12.1 Å². The Bertz CT molecular complexity index is 1170. The summed E-state index contributed by atoms with van der Waals surface area (Å²) >= 11 is 0. The number of nitrogens with one attached hydrogen (secondary N) is 2. The fourth-order valence-corrected chi connectivity index (χ4v) is 4.04. The molecule has 1 aliphatic carbocycles. The Morgan fingerprint density at radius 3 is 2.26 bits per heavy atom. The summed E-state index contributed by atoms with van der Waals surface area (Å²) in [5, 5.41) is 17.8. The highest BCUT2D eigenvalue weighted by Crippen LogP contribution is 2.44. The largest absolute Gasteiger partial charge is 0.480 e. The Kier molecular flexibility index (Phi) is 6.62. The van der Waals surface area contributed by atoms with Gasteiger partial charge in [0.05, 0.1) is 6.54 Å². The summed E-state index contributed by atoms with van der Waals surface area (Å²) in [5.74, 6) is -1.93. The lowest BCUT2D eigenvalue weighted by Crippen LogP contribution is -2.44. The third-order valence-electron chi connectivity index (χ3n) is 5.76. The van der Waals surface area contributed by atoms with E-state index in [-0.39, 0.29) is 36.4 Å². The quantitative estimate of drug-likeness (QED) is 0.466. The number of aliphatic carboxylic acids is 1. The maximum atomic E-state index is 12.3. The number of aromatic nitrogens is 1. The van der Waals surface area contributed by atoms with E-state index < -0.39 is 24.0 Å². The molecule has 1 atom stereocenters. The van der Waals surface area contributed by atoms with Gasteiger partial charge in [0, 0.05) is 12.0 Å². The highest BCUT2D eigenvalue weighted by Gasteiger charge is 2.29. The molecule has 4 rings (SSSR count). The van der Waals surface area contributed by atoms with Crippen molar-refractivity contribution in [1.29, 1.82) is 0 Å². The molecule has 176 valence electrons. The number of alkyl carbamates (subject to hydrolysis) is 1. The van der Waals surface area contributed by atoms with Crippen molar-refractivity contribution < 1.29 is 28.8 Å². The molecule has 2 amide bonds. The van der Waals surface area contributed by atoms with E-state index in [0.717, 1.165) is 22.3 Å². The molecule has 1 aromatic heterocycles. The number of carboxylic acids is 1. The maximum Gasteiger partial charge on any atom is 0.407 e. The molecule has 34 heavy (non-hydrogen) atoms. The molecule has 1 aliphatic rings. The number of fused-ring (bicyclic) bond motifs is 3. The van der Waals surface area contributed by atoms with Crippen LogP contribution in [0.25, 0.3) is 11.1 Å². The zero-order valence-corrected chi connectivity index (χ0v) is 18.8. The summed E-state index contributed by atoms with van der Waals surface area (Å²) in [7, 11) is 0. The lowest BCUT2D eigenvalue weighted by molar-refractivity contribution is -0.140. The number of carbonyl (C=O) groups is 3. The topological polar surface area (TPSA) is 131 Å². The van der Waals surface area contributed by atoms with Gasteiger partial charge in [-0.15, -0.1) is 0 Å². The maximum absolute atomic E-state index is 12.3. The first-order valence-corrected chi connectivity index (χ1v) is 10.9. The van der Waals surface area contributed by atoms with Crippen LogP contribution >= 0.6 is 0 Å². The second kappa shape index (κ2) is 9.78. The van der Waals surface area contributed by atoms with E-state index in [9.17, 15) is 19.5 Å². The number of nitrogens with zero attached hydrogens (tertiary/aromatic N) is 1. The first-order chi connectivity index (χ1) is 16.3. The minimum Gasteiger partial charge on any atom is -0.480 e. The van der Waals surface area contributed by atoms with Crippen molar-refractivity contribution in [2.24, 2.45) is 5.92 Å². The predicted octanol–water partition coefficient (Wildman–Crippen LogP) is 3.55. The number of rotatable bonds is 8. The zero-order valence-electron chi connectivity index (χ0n) is 18.8. The normalized spacial score (nSPS) is 13.1. The van der Waals surface area contributed by atoms with Crippen LogP contribution in [-0.4, -0.2) is 40.9 Å². The van der Waals surface area contributed by atoms with Crippen LogP contribution in [0.1, 0.15) is 47.1 Å². The third kappa shape index (κ3) is 4.78. The standard InChI is InChI=1S/C25H25N3O6/c1-14(2)22(24(30)31)27-23(29)21-11-15(34-28-21)12-26-25(32)33-13-20-18-9-5-3-7-16(18)17-8-4-6-10-19(17)20/h3-11,14,20,22H,12-13H2,1-2H3,(H,26,32)(H,27,29)(H,30,31)/t22-/m0/s1. The fraction of sp³-hybridized carbons (Fsp3) is 0.280. The van der Waals surface area contributed by atoms with Crippen molar-refractivity contribution >= 4 is 18.0 Å². The Morgan fingerprint density at radius 2 is 1.68 bits per heavy atom. The first kappa shape index (κ1) is 23.0. The summed E-state index contributed by atoms with van der Waals surface area (Å²) in [5.41, 5.74) is 4.44. The second-order valence-electron chi connectivity index (χ2n) is 8.39. The number of amides is 2. The van der Waals surface area contributed by atoms with Crippen molar-refractivity contribution in [3.8, 4) is 11.1 Å². The SMILES string of the molecule is CC(C)[C@H](NC(=O)c1cc(CNC(=O)OCC2c3ccccc3-c3ccccc32)on1)C(=O)O. The van der Waals surface area contributed by atoms with E-state index in [4.69, 9.17) is 9.26 Å². The molecule has 0 saturated heterocycles. The van der Waals surface area contributed by atoms with E-state index in [1.165, 1.54) is 6.07 Å². The van der Waals surface area contributed by atoms with E-state index >= 15 is 0 Å². The number of carboxylic acid groups (broad SMARTS) is 1. The summed E-state index contributed by atoms with van der Waals surface area (Å²) in [6.07, 6.45) is -0.630. The summed E-state index contributed by atoms with van der Waals surface area (Å²) in [6.45, 7) is 3.51. The molecular weight excluding hydrogens is 438 g/mol. The second-order valence-corrected chi connectivity index (χ2v) is 8.39. The molecule has 9 nitrogen and oxygen atoms in total. The lowest BCUT2D eigenvalue weighted by Gasteiger charge is -2.16. The van der Waals surface area contributed by atoms with Crippen LogP contribution in [0.3, 0.4) is 0 Å². The van der Waals surface area contributed by atoms with Crippen LogP contribution in [0.2, 0.25) is 0 Å². The average Bonchev–Trinajstić information content (AvgIpc) is 3.42. The van der Waals surface area contributed by atoms with Crippen LogP contribution in [-0.2, 0) is 16.1 Å². The molecule has 0 radical (unpaired) electrons. The average molecular weight is 463 g/mol. The van der Waals surface area contributed by atoms with Crippen molar-refractivity contribution in [2.45, 2.75) is 32.4 Å². The van der Waals surface area contributed by atoms with Crippen molar-refractivity contribution in [3.63, 3.8) is 0 Å². The van der Waals surface area contributed by atoms with Crippen LogP contribution < -0.4 is 10.6 Å². The highest BCUT2D eigenvalue weighted by molar-refractivity contribution is 5.95. The van der Waals surface area contributed by atoms with Crippen molar-refractivity contribution in [3.05, 3.63) is 77.2 Å². The van der Waals surface area contributed by atoms with Gasteiger partial charge in [0.1, 0.15) is 12.6 Å². The van der Waals surface area contributed by atoms with Gasteiger partial charge in [-0.3, -0.25) is 4.79 Å². The Morgan fingerprint density at radius 1 is 1.06 bits per heavy atom. The lowest BCUT2D eigenvalue weighted by atomic mass is 9.98. The van der Waals surface area contributed by atoms with Gasteiger partial charge in [0.15, 0.2) is 11.5 Å². The van der Waals surface area contributed by atoms with Gasteiger partial charge < -0.3 is 25.0 Å². The molecule has 0 bridgehead atoms. The van der Waals surface area contributed by atoms with E-state index in [2.05, 4.69) is 27.9 Å². The minimum atomic E-state index is -1.14. The summed E-state index contributed by atoms with van der Waals surface area (Å²) < 4.78 is 10.5. The van der Waals surface area contributed by atoms with Gasteiger partial charge in [-0.2, -0.15) is 0 Å². The molecule has 0 spiro atoms. The van der Waals surface area contributed by atoms with E-state index in [1.54, 1.807) is 13.8 Å². The molecule has 0 aliphatic heterocycles. The number of carbonyl (C=O) groups excluding carboxylic acids is 2. The van der Waals surface area contributed by atoms with Crippen LogP contribution in [0.4, 0.5) is 4.79 Å². The summed E-state index contributed by atoms with van der Waals surface area (Å²) in [6, 6.07) is 16.4. The number of hydrogen-bond donors (Lipinski definition) is 3.